The van der Waals surface area contributed by atoms with Crippen molar-refractivity contribution in [3.05, 3.63) is 23.2 Å². The second-order valence-electron chi connectivity index (χ2n) is 1.99. The van der Waals surface area contributed by atoms with E-state index in [2.05, 4.69) is 0 Å². The molecule has 2 nitrogen and oxygen atoms in total. The number of rotatable bonds is 1. The summed E-state index contributed by atoms with van der Waals surface area (Å²) in [6.07, 6.45) is 2.27. The quantitative estimate of drug-likeness (QED) is 0.533. The molecule has 0 N–H and O–H groups in total. The first-order chi connectivity index (χ1) is 4.25. The zero-order valence-corrected chi connectivity index (χ0v) is 5.47. The van der Waals surface area contributed by atoms with Gasteiger partial charge in [0, 0.05) is 5.56 Å². The Kier molecular flexibility index (Phi) is 1.39. The van der Waals surface area contributed by atoms with E-state index >= 15 is 0 Å². The van der Waals surface area contributed by atoms with Gasteiger partial charge in [0.05, 0.1) is 5.56 Å². The number of hydrogen-bond acceptors (Lipinski definition) is 2. The van der Waals surface area contributed by atoms with E-state index in [0.29, 0.717) is 5.56 Å². The molecule has 0 atom stereocenters. The Morgan fingerprint density at radius 3 is 2.44 bits per heavy atom. The van der Waals surface area contributed by atoms with E-state index in [1.165, 1.54) is 6.26 Å². The summed E-state index contributed by atoms with van der Waals surface area (Å²) >= 11 is 0. The van der Waals surface area contributed by atoms with Gasteiger partial charge in [-0.25, -0.2) is 0 Å². The lowest BCUT2D eigenvalue weighted by Crippen LogP contribution is -1.78. The third-order valence-corrected chi connectivity index (χ3v) is 1.45. The molecule has 1 heterocycles. The maximum absolute atomic E-state index is 10.2. The van der Waals surface area contributed by atoms with Gasteiger partial charge < -0.3 is 4.42 Å². The lowest BCUT2D eigenvalue weighted by molar-refractivity contribution is 0.112. The highest BCUT2D eigenvalue weighted by Crippen LogP contribution is 2.11. The number of aldehydes is 1. The molecule has 0 aromatic carbocycles. The van der Waals surface area contributed by atoms with Crippen LogP contribution in [-0.4, -0.2) is 6.29 Å². The van der Waals surface area contributed by atoms with Crippen molar-refractivity contribution in [1.29, 1.82) is 0 Å². The highest BCUT2D eigenvalue weighted by Gasteiger charge is 2.01. The molecule has 1 aromatic heterocycles. The summed E-state index contributed by atoms with van der Waals surface area (Å²) in [5, 5.41) is 0. The molecule has 0 amide bonds. The van der Waals surface area contributed by atoms with E-state index < -0.39 is 0 Å². The van der Waals surface area contributed by atoms with Gasteiger partial charge in [-0.2, -0.15) is 0 Å². The predicted molar refractivity (Wildman–Crippen MR) is 33.6 cm³/mol. The summed E-state index contributed by atoms with van der Waals surface area (Å²) in [4.78, 5) is 10.2. The van der Waals surface area contributed by atoms with Gasteiger partial charge in [-0.15, -0.1) is 0 Å². The fraction of sp³-hybridized carbons (Fsp3) is 0.286. The molecular weight excluding hydrogens is 116 g/mol. The molecule has 0 aliphatic carbocycles. The Bertz CT molecular complexity index is 223. The monoisotopic (exact) mass is 124 g/mol. The van der Waals surface area contributed by atoms with Crippen molar-refractivity contribution < 1.29 is 9.21 Å². The van der Waals surface area contributed by atoms with Crippen LogP contribution in [0.3, 0.4) is 0 Å². The first-order valence-electron chi connectivity index (χ1n) is 2.75. The van der Waals surface area contributed by atoms with E-state index in [4.69, 9.17) is 4.42 Å². The van der Waals surface area contributed by atoms with Crippen molar-refractivity contribution in [2.45, 2.75) is 13.8 Å². The van der Waals surface area contributed by atoms with Crippen molar-refractivity contribution in [1.82, 2.24) is 0 Å². The van der Waals surface area contributed by atoms with Crippen molar-refractivity contribution in [3.63, 3.8) is 0 Å². The second kappa shape index (κ2) is 2.05. The molecule has 0 saturated carbocycles. The Hall–Kier alpha value is -1.05. The molecule has 1 aromatic rings. The first-order valence-corrected chi connectivity index (χ1v) is 2.75. The van der Waals surface area contributed by atoms with Gasteiger partial charge in [0.1, 0.15) is 12.0 Å². The molecule has 0 aliphatic rings. The summed E-state index contributed by atoms with van der Waals surface area (Å²) in [6, 6.07) is 0. The lowest BCUT2D eigenvalue weighted by Gasteiger charge is -1.83. The molecule has 0 fully saturated rings. The van der Waals surface area contributed by atoms with Crippen LogP contribution in [0.4, 0.5) is 0 Å². The maximum atomic E-state index is 10.2. The normalized spacial score (nSPS) is 9.56. The van der Waals surface area contributed by atoms with Crippen LogP contribution in [0.5, 0.6) is 0 Å². The summed E-state index contributed by atoms with van der Waals surface area (Å²) in [5.74, 6) is 0.817. The van der Waals surface area contributed by atoms with Gasteiger partial charge in [0.2, 0.25) is 0 Å². The largest absolute Gasteiger partial charge is 0.469 e. The maximum Gasteiger partial charge on any atom is 0.153 e. The average Bonchev–Trinajstić information content (AvgIpc) is 2.15. The zero-order valence-electron chi connectivity index (χ0n) is 5.47. The number of carbonyl (C=O) groups is 1. The van der Waals surface area contributed by atoms with Gasteiger partial charge in [0.25, 0.3) is 0 Å². The fourth-order valence-electron chi connectivity index (χ4n) is 0.648. The zero-order chi connectivity index (χ0) is 6.85. The van der Waals surface area contributed by atoms with Crippen LogP contribution in [0.15, 0.2) is 10.7 Å². The fourth-order valence-corrected chi connectivity index (χ4v) is 0.648. The van der Waals surface area contributed by atoms with Crippen molar-refractivity contribution in [3.8, 4) is 0 Å². The van der Waals surface area contributed by atoms with Crippen molar-refractivity contribution in [2.75, 3.05) is 0 Å². The first kappa shape index (κ1) is 6.08. The molecule has 48 valence electrons. The van der Waals surface area contributed by atoms with Crippen LogP contribution < -0.4 is 0 Å². The topological polar surface area (TPSA) is 30.2 Å². The Morgan fingerprint density at radius 2 is 2.22 bits per heavy atom. The highest BCUT2D eigenvalue weighted by atomic mass is 16.3. The second-order valence-corrected chi connectivity index (χ2v) is 1.99. The summed E-state index contributed by atoms with van der Waals surface area (Å²) in [6.45, 7) is 3.70. The third kappa shape index (κ3) is 0.875. The molecule has 1 rings (SSSR count). The minimum Gasteiger partial charge on any atom is -0.469 e. The average molecular weight is 124 g/mol. The molecule has 0 radical (unpaired) electrons. The van der Waals surface area contributed by atoms with Crippen LogP contribution in [0.1, 0.15) is 21.7 Å². The summed E-state index contributed by atoms with van der Waals surface area (Å²) in [7, 11) is 0. The molecule has 0 spiro atoms. The van der Waals surface area contributed by atoms with E-state index in [1.807, 2.05) is 13.8 Å². The van der Waals surface area contributed by atoms with Crippen molar-refractivity contribution >= 4 is 6.29 Å². The van der Waals surface area contributed by atoms with Crippen molar-refractivity contribution in [2.24, 2.45) is 0 Å². The highest BCUT2D eigenvalue weighted by molar-refractivity contribution is 5.76. The number of furan rings is 1. The molecule has 0 saturated heterocycles. The Balaban J connectivity index is 3.18. The molecule has 9 heavy (non-hydrogen) atoms. The van der Waals surface area contributed by atoms with Crippen LogP contribution >= 0.6 is 0 Å². The van der Waals surface area contributed by atoms with Crippen LogP contribution in [-0.2, 0) is 0 Å². The standard InChI is InChI=1S/C7H8O2/c1-5-6(2)9-4-7(5)3-8/h3-4H,1-2H3. The predicted octanol–water partition coefficient (Wildman–Crippen LogP) is 1.71. The molecule has 0 aliphatic heterocycles. The Labute approximate surface area is 53.5 Å². The van der Waals surface area contributed by atoms with E-state index in [0.717, 1.165) is 17.6 Å². The van der Waals surface area contributed by atoms with Gasteiger partial charge in [0.15, 0.2) is 6.29 Å². The number of hydrogen-bond donors (Lipinski definition) is 0. The van der Waals surface area contributed by atoms with Gasteiger partial charge in [-0.05, 0) is 13.8 Å². The number of aryl methyl sites for hydroxylation is 1. The van der Waals surface area contributed by atoms with Gasteiger partial charge >= 0.3 is 0 Å². The molecule has 0 bridgehead atoms. The molecule has 0 unspecified atom stereocenters. The third-order valence-electron chi connectivity index (χ3n) is 1.45. The van der Waals surface area contributed by atoms with Crippen LogP contribution in [0.25, 0.3) is 0 Å². The SMILES string of the molecule is Cc1occ(C=O)c1C. The van der Waals surface area contributed by atoms with Gasteiger partial charge in [-0.1, -0.05) is 0 Å². The summed E-state index contributed by atoms with van der Waals surface area (Å²) < 4.78 is 4.95. The Morgan fingerprint density at radius 1 is 1.56 bits per heavy atom. The lowest BCUT2D eigenvalue weighted by atomic mass is 10.2. The van der Waals surface area contributed by atoms with E-state index in [9.17, 15) is 4.79 Å². The molecule has 2 heteroatoms. The minimum absolute atomic E-state index is 0.646. The van der Waals surface area contributed by atoms with E-state index in [1.54, 1.807) is 0 Å². The van der Waals surface area contributed by atoms with Gasteiger partial charge in [-0.3, -0.25) is 4.79 Å². The van der Waals surface area contributed by atoms with Crippen LogP contribution in [0.2, 0.25) is 0 Å². The van der Waals surface area contributed by atoms with E-state index in [-0.39, 0.29) is 0 Å². The smallest absolute Gasteiger partial charge is 0.153 e. The minimum atomic E-state index is 0.646. The van der Waals surface area contributed by atoms with Crippen LogP contribution in [0, 0.1) is 13.8 Å². The number of carbonyl (C=O) groups excluding carboxylic acids is 1. The summed E-state index contributed by atoms with van der Waals surface area (Å²) in [5.41, 5.74) is 1.58. The molecular formula is C7H8O2.